The lowest BCUT2D eigenvalue weighted by atomic mass is 9.76. The number of rotatable bonds is 19. The average molecular weight is 641 g/mol. The van der Waals surface area contributed by atoms with Crippen molar-refractivity contribution in [1.82, 2.24) is 0 Å². The molecule has 5 unspecified atom stereocenters. The van der Waals surface area contributed by atoms with Crippen molar-refractivity contribution in [2.45, 2.75) is 111 Å². The van der Waals surface area contributed by atoms with Crippen molar-refractivity contribution in [3.05, 3.63) is 64.2 Å². The summed E-state index contributed by atoms with van der Waals surface area (Å²) in [5, 5.41) is 11.0. The zero-order valence-corrected chi connectivity index (χ0v) is 28.9. The largest absolute Gasteiger partial charge is 0.485 e. The number of hydrogen-bond acceptors (Lipinski definition) is 8. The Morgan fingerprint density at radius 1 is 0.628 bits per heavy atom. The number of ether oxygens (including phenoxy) is 1. The normalized spacial score (nSPS) is 15.9. The zero-order valence-electron chi connectivity index (χ0n) is 27.2. The van der Waals surface area contributed by atoms with E-state index in [0.29, 0.717) is 17.6 Å². The molecule has 0 fully saturated rings. The minimum atomic E-state index is -2.76. The van der Waals surface area contributed by atoms with Crippen LogP contribution in [0.25, 0.3) is 0 Å². The minimum Gasteiger partial charge on any atom is -0.485 e. The van der Waals surface area contributed by atoms with Crippen molar-refractivity contribution in [1.29, 1.82) is 0 Å². The Balaban J connectivity index is 2.91. The van der Waals surface area contributed by atoms with Gasteiger partial charge in [0, 0.05) is 0 Å². The molecular weight excluding hydrogens is 586 g/mol. The van der Waals surface area contributed by atoms with Crippen LogP contribution in [0.3, 0.4) is 0 Å². The Morgan fingerprint density at radius 2 is 1.07 bits per heavy atom. The highest BCUT2D eigenvalue weighted by atomic mass is 31.2. The summed E-state index contributed by atoms with van der Waals surface area (Å²) in [5.41, 5.74) is 3.90. The molecule has 2 aromatic carbocycles. The van der Waals surface area contributed by atoms with Crippen LogP contribution in [0.1, 0.15) is 139 Å². The third kappa shape index (κ3) is 10.2. The van der Waals surface area contributed by atoms with Crippen molar-refractivity contribution in [2.24, 2.45) is 5.41 Å². The Kier molecular flexibility index (Phi) is 16.0. The Labute approximate surface area is 261 Å². The van der Waals surface area contributed by atoms with E-state index >= 15 is 0 Å². The Hall–Kier alpha value is -1.18. The van der Waals surface area contributed by atoms with Crippen molar-refractivity contribution in [3.8, 4) is 5.75 Å². The molecule has 0 saturated carbocycles. The van der Waals surface area contributed by atoms with Crippen LogP contribution in [0.15, 0.2) is 36.4 Å². The van der Waals surface area contributed by atoms with Crippen LogP contribution < -0.4 is 4.74 Å². The van der Waals surface area contributed by atoms with Gasteiger partial charge in [0.2, 0.25) is 0 Å². The van der Waals surface area contributed by atoms with Crippen LogP contribution in [-0.2, 0) is 9.05 Å². The predicted octanol–water partition coefficient (Wildman–Crippen LogP) is 8.30. The van der Waals surface area contributed by atoms with Crippen molar-refractivity contribution < 1.29 is 38.5 Å². The highest BCUT2D eigenvalue weighted by Crippen LogP contribution is 2.47. The molecule has 5 N–H and O–H groups in total. The van der Waals surface area contributed by atoms with E-state index < -0.39 is 35.3 Å². The molecule has 2 aromatic rings. The predicted molar refractivity (Wildman–Crippen MR) is 175 cm³/mol. The molecule has 0 bridgehead atoms. The molecule has 0 aliphatic carbocycles. The van der Waals surface area contributed by atoms with Gasteiger partial charge in [-0.1, -0.05) is 85.7 Å². The lowest BCUT2D eigenvalue weighted by Crippen LogP contribution is -2.44. The molecule has 0 spiro atoms. The topological polar surface area (TPSA) is 129 Å². The molecular formula is C33H54O8P2. The second-order valence-corrected chi connectivity index (χ2v) is 13.5. The molecule has 0 aromatic heterocycles. The first-order valence-electron chi connectivity index (χ1n) is 15.5. The second kappa shape index (κ2) is 18.1. The zero-order chi connectivity index (χ0) is 32.3. The quantitative estimate of drug-likeness (QED) is 0.0971. The lowest BCUT2D eigenvalue weighted by molar-refractivity contribution is -0.0661. The number of aliphatic hydroxyl groups is 1. The molecule has 0 aliphatic heterocycles. The molecule has 43 heavy (non-hydrogen) atoms. The molecule has 5 atom stereocenters. The number of aliphatic hydroxyl groups excluding tert-OH is 1. The molecule has 0 heterocycles. The fraction of sp³-hybridized carbons (Fsp3) is 0.636. The summed E-state index contributed by atoms with van der Waals surface area (Å²) in [6.45, 7) is 16.0. The summed E-state index contributed by atoms with van der Waals surface area (Å²) >= 11 is 0. The molecule has 0 radical (unpaired) electrons. The first kappa shape index (κ1) is 38.0. The minimum absolute atomic E-state index is 0.144. The van der Waals surface area contributed by atoms with Gasteiger partial charge >= 0.3 is 17.2 Å². The van der Waals surface area contributed by atoms with Gasteiger partial charge < -0.3 is 38.5 Å². The fourth-order valence-corrected chi connectivity index (χ4v) is 5.97. The molecule has 244 valence electrons. The second-order valence-electron chi connectivity index (χ2n) is 12.0. The summed E-state index contributed by atoms with van der Waals surface area (Å²) in [7, 11) is -5.53. The van der Waals surface area contributed by atoms with E-state index in [2.05, 4.69) is 79.7 Å². The maximum atomic E-state index is 11.0. The third-order valence-electron chi connectivity index (χ3n) is 9.13. The smallest absolute Gasteiger partial charge is 0.327 e. The first-order valence-corrected chi connectivity index (χ1v) is 17.9. The van der Waals surface area contributed by atoms with Gasteiger partial charge in [-0.15, -0.1) is 0 Å². The van der Waals surface area contributed by atoms with Gasteiger partial charge in [0.1, 0.15) is 11.9 Å². The van der Waals surface area contributed by atoms with E-state index in [0.717, 1.165) is 42.4 Å². The molecule has 10 heteroatoms. The van der Waals surface area contributed by atoms with Gasteiger partial charge in [-0.3, -0.25) is 0 Å². The van der Waals surface area contributed by atoms with Crippen LogP contribution in [0, 0.1) is 5.41 Å². The average Bonchev–Trinajstić information content (AvgIpc) is 3.02. The number of benzene rings is 2. The standard InChI is InChI=1S/C33H54O8P2/c1-9-22(5)26-13-15-28(29(17-26)24(7)11-3)32(33(19-34,20-39-42(35)36)21-40-43(37)38)41-31-16-14-27(23(6)10-2)18-30(31)25(8)12-4/h13-18,22-25,32,34-38H,9-12,19-21H2,1-8H3. The Bertz CT molecular complexity index is 1100. The molecule has 0 saturated heterocycles. The van der Waals surface area contributed by atoms with Crippen molar-refractivity contribution >= 4 is 17.2 Å². The van der Waals surface area contributed by atoms with E-state index in [4.69, 9.17) is 13.8 Å². The van der Waals surface area contributed by atoms with E-state index in [1.807, 2.05) is 12.1 Å². The van der Waals surface area contributed by atoms with Crippen LogP contribution in [0.4, 0.5) is 0 Å². The van der Waals surface area contributed by atoms with E-state index in [1.165, 1.54) is 11.1 Å². The maximum absolute atomic E-state index is 11.0. The molecule has 8 nitrogen and oxygen atoms in total. The summed E-state index contributed by atoms with van der Waals surface area (Å²) < 4.78 is 17.7. The summed E-state index contributed by atoms with van der Waals surface area (Å²) in [6, 6.07) is 12.6. The Morgan fingerprint density at radius 3 is 1.51 bits per heavy atom. The monoisotopic (exact) mass is 640 g/mol. The van der Waals surface area contributed by atoms with Crippen molar-refractivity contribution in [2.75, 3.05) is 19.8 Å². The SMILES string of the molecule is CCC(C)c1ccc(OC(c2ccc(C(C)CC)cc2C(C)CC)C(CO)(COP(O)O)COP(O)O)c(C(C)CC)c1. The van der Waals surface area contributed by atoms with Gasteiger partial charge in [-0.05, 0) is 83.2 Å². The van der Waals surface area contributed by atoms with Gasteiger partial charge in [-0.2, -0.15) is 0 Å². The van der Waals surface area contributed by atoms with Crippen LogP contribution in [0.2, 0.25) is 0 Å². The van der Waals surface area contributed by atoms with Crippen LogP contribution in [0.5, 0.6) is 5.75 Å². The van der Waals surface area contributed by atoms with Crippen LogP contribution in [-0.4, -0.2) is 44.5 Å². The maximum Gasteiger partial charge on any atom is 0.327 e. The van der Waals surface area contributed by atoms with Crippen LogP contribution >= 0.6 is 17.2 Å². The van der Waals surface area contributed by atoms with Gasteiger partial charge in [-0.25, -0.2) is 0 Å². The highest BCUT2D eigenvalue weighted by molar-refractivity contribution is 7.39. The fourth-order valence-electron chi connectivity index (χ4n) is 5.23. The molecule has 2 rings (SSSR count). The lowest BCUT2D eigenvalue weighted by Gasteiger charge is -2.41. The van der Waals surface area contributed by atoms with Gasteiger partial charge in [0.05, 0.1) is 25.2 Å². The van der Waals surface area contributed by atoms with Gasteiger partial charge in [0.15, 0.2) is 0 Å². The van der Waals surface area contributed by atoms with E-state index in [9.17, 15) is 24.7 Å². The molecule has 0 aliphatic rings. The number of hydrogen-bond donors (Lipinski definition) is 5. The summed E-state index contributed by atoms with van der Waals surface area (Å²) in [6.07, 6.45) is 2.84. The summed E-state index contributed by atoms with van der Waals surface area (Å²) in [4.78, 5) is 38.9. The van der Waals surface area contributed by atoms with E-state index in [-0.39, 0.29) is 25.0 Å². The van der Waals surface area contributed by atoms with E-state index in [1.54, 1.807) is 0 Å². The molecule has 0 amide bonds. The van der Waals surface area contributed by atoms with Crippen molar-refractivity contribution in [3.63, 3.8) is 0 Å². The first-order chi connectivity index (χ1) is 20.4. The highest BCUT2D eigenvalue weighted by Gasteiger charge is 2.45. The van der Waals surface area contributed by atoms with Gasteiger partial charge in [0.25, 0.3) is 0 Å². The summed E-state index contributed by atoms with van der Waals surface area (Å²) in [5.74, 6) is 1.69. The third-order valence-corrected chi connectivity index (χ3v) is 9.85.